The van der Waals surface area contributed by atoms with E-state index in [2.05, 4.69) is 0 Å². The number of methoxy groups -OCH3 is 1. The number of ether oxygens (including phenoxy) is 1. The number of nitrogens with zero attached hydrogens (tertiary/aromatic N) is 2. The molecule has 0 aromatic carbocycles. The summed E-state index contributed by atoms with van der Waals surface area (Å²) in [5, 5.41) is 0. The van der Waals surface area contributed by atoms with Crippen LogP contribution in [0.25, 0.3) is 0 Å². The molecule has 0 aromatic rings. The summed E-state index contributed by atoms with van der Waals surface area (Å²) in [5.41, 5.74) is 5.95. The summed E-state index contributed by atoms with van der Waals surface area (Å²) >= 11 is 0. The highest BCUT2D eigenvalue weighted by molar-refractivity contribution is 5.82. The number of piperazine rings is 1. The van der Waals surface area contributed by atoms with Crippen LogP contribution in [0.2, 0.25) is 0 Å². The highest BCUT2D eigenvalue weighted by Crippen LogP contribution is 2.11. The van der Waals surface area contributed by atoms with E-state index in [9.17, 15) is 9.59 Å². The van der Waals surface area contributed by atoms with Gasteiger partial charge >= 0.3 is 0 Å². The zero-order valence-electron chi connectivity index (χ0n) is 12.1. The largest absolute Gasteiger partial charge is 0.375 e. The summed E-state index contributed by atoms with van der Waals surface area (Å²) < 4.78 is 4.82. The molecule has 0 aromatic heterocycles. The second-order valence-corrected chi connectivity index (χ2v) is 5.05. The summed E-state index contributed by atoms with van der Waals surface area (Å²) in [5.74, 6) is 0.148. The molecular weight excluding hydrogens is 246 g/mol. The van der Waals surface area contributed by atoms with E-state index in [1.54, 1.807) is 9.80 Å². The molecule has 0 radical (unpaired) electrons. The minimum Gasteiger partial charge on any atom is -0.375 e. The summed E-state index contributed by atoms with van der Waals surface area (Å²) in [6.07, 6.45) is 0.888. The van der Waals surface area contributed by atoms with E-state index in [0.29, 0.717) is 26.2 Å². The first-order chi connectivity index (χ1) is 9.01. The Morgan fingerprint density at radius 1 is 1.21 bits per heavy atom. The molecule has 6 nitrogen and oxygen atoms in total. The minimum atomic E-state index is -0.439. The molecule has 2 amide bonds. The molecule has 1 fully saturated rings. The number of carbonyl (C=O) groups excluding carboxylic acids is 2. The van der Waals surface area contributed by atoms with Crippen LogP contribution in [0.3, 0.4) is 0 Å². The molecule has 0 bridgehead atoms. The van der Waals surface area contributed by atoms with E-state index in [0.717, 1.165) is 6.42 Å². The van der Waals surface area contributed by atoms with Crippen molar-refractivity contribution >= 4 is 11.8 Å². The van der Waals surface area contributed by atoms with Crippen LogP contribution >= 0.6 is 0 Å². The fraction of sp³-hybridized carbons (Fsp3) is 0.846. The van der Waals surface area contributed by atoms with Gasteiger partial charge in [-0.2, -0.15) is 0 Å². The van der Waals surface area contributed by atoms with Crippen molar-refractivity contribution in [1.29, 1.82) is 0 Å². The predicted octanol–water partition coefficient (Wildman–Crippen LogP) is -0.323. The van der Waals surface area contributed by atoms with E-state index in [1.807, 2.05) is 13.8 Å². The smallest absolute Gasteiger partial charge is 0.248 e. The molecule has 1 aliphatic heterocycles. The van der Waals surface area contributed by atoms with Gasteiger partial charge in [0.2, 0.25) is 11.8 Å². The molecule has 19 heavy (non-hydrogen) atoms. The second-order valence-electron chi connectivity index (χ2n) is 5.05. The lowest BCUT2D eigenvalue weighted by atomic mass is 9.98. The first-order valence-electron chi connectivity index (χ1n) is 6.82. The Morgan fingerprint density at radius 3 is 2.21 bits per heavy atom. The van der Waals surface area contributed by atoms with Crippen LogP contribution in [0.1, 0.15) is 20.3 Å². The molecule has 2 N–H and O–H groups in total. The van der Waals surface area contributed by atoms with Crippen LogP contribution in [0.15, 0.2) is 0 Å². The maximum Gasteiger partial charge on any atom is 0.248 e. The monoisotopic (exact) mass is 271 g/mol. The molecule has 0 aliphatic carbocycles. The summed E-state index contributed by atoms with van der Waals surface area (Å²) in [4.78, 5) is 27.3. The number of hydrogen-bond acceptors (Lipinski definition) is 4. The van der Waals surface area contributed by atoms with Crippen molar-refractivity contribution in [3.8, 4) is 0 Å². The van der Waals surface area contributed by atoms with Crippen molar-refractivity contribution in [2.45, 2.75) is 26.3 Å². The average Bonchev–Trinajstić information content (AvgIpc) is 2.45. The Morgan fingerprint density at radius 2 is 1.74 bits per heavy atom. The van der Waals surface area contributed by atoms with Gasteiger partial charge in [0.15, 0.2) is 0 Å². The number of hydrogen-bond donors (Lipinski definition) is 1. The van der Waals surface area contributed by atoms with Gasteiger partial charge in [-0.3, -0.25) is 9.59 Å². The standard InChI is InChI=1S/C13H25N3O3/c1-4-10(2)12(14)13(18)16-7-5-15(6-8-16)11(17)9-19-3/h10,12H,4-9,14H2,1-3H3/t10-,12-/m0/s1. The Kier molecular flexibility index (Phi) is 6.24. The fourth-order valence-electron chi connectivity index (χ4n) is 2.10. The van der Waals surface area contributed by atoms with E-state index >= 15 is 0 Å². The Labute approximate surface area is 114 Å². The Balaban J connectivity index is 2.45. The zero-order valence-corrected chi connectivity index (χ0v) is 12.1. The lowest BCUT2D eigenvalue weighted by Gasteiger charge is -2.36. The predicted molar refractivity (Wildman–Crippen MR) is 72.5 cm³/mol. The molecule has 1 rings (SSSR count). The van der Waals surface area contributed by atoms with Gasteiger partial charge in [0.1, 0.15) is 6.61 Å². The van der Waals surface area contributed by atoms with E-state index in [1.165, 1.54) is 7.11 Å². The maximum atomic E-state index is 12.2. The van der Waals surface area contributed by atoms with Gasteiger partial charge in [0.25, 0.3) is 0 Å². The Hall–Kier alpha value is -1.14. The first kappa shape index (κ1) is 15.9. The van der Waals surface area contributed by atoms with Crippen molar-refractivity contribution in [1.82, 2.24) is 9.80 Å². The highest BCUT2D eigenvalue weighted by atomic mass is 16.5. The summed E-state index contributed by atoms with van der Waals surface area (Å²) in [6, 6.07) is -0.439. The molecule has 1 aliphatic rings. The second kappa shape index (κ2) is 7.45. The van der Waals surface area contributed by atoms with Gasteiger partial charge in [-0.15, -0.1) is 0 Å². The maximum absolute atomic E-state index is 12.2. The third-order valence-electron chi connectivity index (χ3n) is 3.75. The number of nitrogens with two attached hydrogens (primary N) is 1. The SMILES string of the molecule is CC[C@H](C)[C@H](N)C(=O)N1CCN(C(=O)COC)CC1. The molecular formula is C13H25N3O3. The van der Waals surface area contributed by atoms with Crippen LogP contribution in [0.5, 0.6) is 0 Å². The molecule has 0 spiro atoms. The van der Waals surface area contributed by atoms with Gasteiger partial charge in [-0.25, -0.2) is 0 Å². The topological polar surface area (TPSA) is 75.9 Å². The van der Waals surface area contributed by atoms with Gasteiger partial charge in [-0.05, 0) is 5.92 Å². The fourth-order valence-corrected chi connectivity index (χ4v) is 2.10. The van der Waals surface area contributed by atoms with Crippen molar-refractivity contribution in [3.63, 3.8) is 0 Å². The molecule has 0 saturated carbocycles. The van der Waals surface area contributed by atoms with Crippen molar-refractivity contribution in [2.24, 2.45) is 11.7 Å². The molecule has 6 heteroatoms. The van der Waals surface area contributed by atoms with Crippen molar-refractivity contribution < 1.29 is 14.3 Å². The van der Waals surface area contributed by atoms with Crippen LogP contribution < -0.4 is 5.73 Å². The zero-order chi connectivity index (χ0) is 14.4. The average molecular weight is 271 g/mol. The molecule has 1 saturated heterocycles. The van der Waals surface area contributed by atoms with Gasteiger partial charge in [0, 0.05) is 33.3 Å². The van der Waals surface area contributed by atoms with Crippen LogP contribution in [-0.4, -0.2) is 67.6 Å². The van der Waals surface area contributed by atoms with Gasteiger partial charge in [0.05, 0.1) is 6.04 Å². The van der Waals surface area contributed by atoms with Crippen LogP contribution in [0.4, 0.5) is 0 Å². The number of carbonyl (C=O) groups is 2. The van der Waals surface area contributed by atoms with E-state index < -0.39 is 6.04 Å². The third-order valence-corrected chi connectivity index (χ3v) is 3.75. The normalized spacial score (nSPS) is 19.2. The Bertz CT molecular complexity index is 314. The van der Waals surface area contributed by atoms with Crippen molar-refractivity contribution in [3.05, 3.63) is 0 Å². The summed E-state index contributed by atoms with van der Waals surface area (Å²) in [6.45, 7) is 6.33. The van der Waals surface area contributed by atoms with Crippen LogP contribution in [0, 0.1) is 5.92 Å². The van der Waals surface area contributed by atoms with Crippen LogP contribution in [-0.2, 0) is 14.3 Å². The van der Waals surface area contributed by atoms with Crippen molar-refractivity contribution in [2.75, 3.05) is 39.9 Å². The number of amides is 2. The molecule has 110 valence electrons. The molecule has 2 atom stereocenters. The highest BCUT2D eigenvalue weighted by Gasteiger charge is 2.28. The lowest BCUT2D eigenvalue weighted by Crippen LogP contribution is -2.55. The van der Waals surface area contributed by atoms with E-state index in [4.69, 9.17) is 10.5 Å². The molecule has 0 unspecified atom stereocenters. The minimum absolute atomic E-state index is 0.00631. The number of rotatable bonds is 5. The van der Waals surface area contributed by atoms with Gasteiger partial charge < -0.3 is 20.3 Å². The quantitative estimate of drug-likeness (QED) is 0.743. The molecule has 1 heterocycles. The third kappa shape index (κ3) is 4.18. The van der Waals surface area contributed by atoms with E-state index in [-0.39, 0.29) is 24.3 Å². The first-order valence-corrected chi connectivity index (χ1v) is 6.82. The summed E-state index contributed by atoms with van der Waals surface area (Å²) in [7, 11) is 1.50. The lowest BCUT2D eigenvalue weighted by molar-refractivity contribution is -0.142. The van der Waals surface area contributed by atoms with Gasteiger partial charge in [-0.1, -0.05) is 20.3 Å².